The van der Waals surface area contributed by atoms with Crippen LogP contribution >= 0.6 is 0 Å². The first-order valence-electron chi connectivity index (χ1n) is 5.54. The minimum Gasteiger partial charge on any atom is -0.480 e. The summed E-state index contributed by atoms with van der Waals surface area (Å²) in [6.07, 6.45) is 0. The lowest BCUT2D eigenvalue weighted by Crippen LogP contribution is -2.52. The van der Waals surface area contributed by atoms with Gasteiger partial charge < -0.3 is 14.9 Å². The van der Waals surface area contributed by atoms with E-state index in [1.165, 1.54) is 4.90 Å². The van der Waals surface area contributed by atoms with Gasteiger partial charge in [-0.3, -0.25) is 9.00 Å². The molecule has 6 nitrogen and oxygen atoms in total. The van der Waals surface area contributed by atoms with Crippen LogP contribution in [-0.2, 0) is 15.6 Å². The number of carbonyl (C=O) groups excluding carboxylic acids is 1. The molecule has 1 heterocycles. The van der Waals surface area contributed by atoms with Gasteiger partial charge in [-0.1, -0.05) is 0 Å². The number of urea groups is 1. The van der Waals surface area contributed by atoms with Gasteiger partial charge in [0.1, 0.15) is 6.54 Å². The maximum Gasteiger partial charge on any atom is 0.323 e. The van der Waals surface area contributed by atoms with E-state index in [1.807, 2.05) is 0 Å². The van der Waals surface area contributed by atoms with Crippen LogP contribution < -0.4 is 0 Å². The van der Waals surface area contributed by atoms with Crippen LogP contribution in [-0.4, -0.2) is 68.3 Å². The molecule has 0 spiro atoms. The van der Waals surface area contributed by atoms with E-state index in [4.69, 9.17) is 5.11 Å². The Morgan fingerprint density at radius 2 is 1.88 bits per heavy atom. The van der Waals surface area contributed by atoms with Crippen LogP contribution in [0.5, 0.6) is 0 Å². The molecule has 1 aliphatic rings. The van der Waals surface area contributed by atoms with Crippen LogP contribution in [0.1, 0.15) is 13.8 Å². The third-order valence-electron chi connectivity index (χ3n) is 2.62. The molecule has 1 N–H and O–H groups in total. The minimum absolute atomic E-state index is 0.161. The molecule has 0 atom stereocenters. The molecule has 1 rings (SSSR count). The first kappa shape index (κ1) is 14.0. The van der Waals surface area contributed by atoms with Crippen LogP contribution in [0.25, 0.3) is 0 Å². The molecule has 1 saturated heterocycles. The molecule has 7 heteroatoms. The zero-order valence-corrected chi connectivity index (χ0v) is 10.9. The number of carbonyl (C=O) groups is 2. The standard InChI is InChI=1S/C10H18N2O4S/c1-8(2)12(7-9(13)14)10(15)11-3-5-17(16)6-4-11/h8H,3-7H2,1-2H3,(H,13,14). The molecule has 1 fully saturated rings. The first-order valence-corrected chi connectivity index (χ1v) is 7.03. The SMILES string of the molecule is CC(C)N(CC(=O)O)C(=O)N1CCS(=O)CC1. The van der Waals surface area contributed by atoms with E-state index < -0.39 is 16.8 Å². The summed E-state index contributed by atoms with van der Waals surface area (Å²) in [5.41, 5.74) is 0. The van der Waals surface area contributed by atoms with Crippen LogP contribution in [0.4, 0.5) is 4.79 Å². The van der Waals surface area contributed by atoms with Gasteiger partial charge in [-0.2, -0.15) is 0 Å². The highest BCUT2D eigenvalue weighted by molar-refractivity contribution is 7.85. The number of carboxylic acid groups (broad SMARTS) is 1. The summed E-state index contributed by atoms with van der Waals surface area (Å²) >= 11 is 0. The van der Waals surface area contributed by atoms with Crippen LogP contribution in [0.3, 0.4) is 0 Å². The summed E-state index contributed by atoms with van der Waals surface area (Å²) in [6, 6.07) is -0.440. The molecule has 0 aromatic rings. The van der Waals surface area contributed by atoms with Gasteiger partial charge in [0.25, 0.3) is 0 Å². The normalized spacial score (nSPS) is 17.2. The highest BCUT2D eigenvalue weighted by Crippen LogP contribution is 2.08. The number of hydrogen-bond donors (Lipinski definition) is 1. The summed E-state index contributed by atoms with van der Waals surface area (Å²) < 4.78 is 11.2. The van der Waals surface area contributed by atoms with Crippen molar-refractivity contribution in [2.24, 2.45) is 0 Å². The maximum absolute atomic E-state index is 12.1. The summed E-state index contributed by atoms with van der Waals surface area (Å²) in [4.78, 5) is 25.7. The molecule has 1 aliphatic heterocycles. The Morgan fingerprint density at radius 3 is 2.29 bits per heavy atom. The number of rotatable bonds is 3. The van der Waals surface area contributed by atoms with E-state index in [0.29, 0.717) is 24.6 Å². The quantitative estimate of drug-likeness (QED) is 0.774. The highest BCUT2D eigenvalue weighted by atomic mass is 32.2. The molecule has 0 aromatic heterocycles. The van der Waals surface area contributed by atoms with E-state index in [2.05, 4.69) is 0 Å². The average molecular weight is 262 g/mol. The number of amides is 2. The number of carboxylic acids is 1. The zero-order chi connectivity index (χ0) is 13.0. The lowest BCUT2D eigenvalue weighted by Gasteiger charge is -2.34. The van der Waals surface area contributed by atoms with E-state index in [0.717, 1.165) is 0 Å². The second kappa shape index (κ2) is 6.00. The van der Waals surface area contributed by atoms with Crippen molar-refractivity contribution < 1.29 is 18.9 Å². The van der Waals surface area contributed by atoms with Crippen LogP contribution in [0.2, 0.25) is 0 Å². The predicted octanol–water partition coefficient (Wildman–Crippen LogP) is -0.0343. The smallest absolute Gasteiger partial charge is 0.323 e. The molecule has 17 heavy (non-hydrogen) atoms. The molecule has 0 radical (unpaired) electrons. The molecule has 0 aromatic carbocycles. The number of aliphatic carboxylic acids is 1. The van der Waals surface area contributed by atoms with Crippen molar-refractivity contribution in [3.05, 3.63) is 0 Å². The van der Waals surface area contributed by atoms with Gasteiger partial charge in [-0.15, -0.1) is 0 Å². The fourth-order valence-electron chi connectivity index (χ4n) is 1.63. The fourth-order valence-corrected chi connectivity index (χ4v) is 2.68. The van der Waals surface area contributed by atoms with Crippen molar-refractivity contribution in [3.8, 4) is 0 Å². The molecule has 0 aliphatic carbocycles. The van der Waals surface area contributed by atoms with Gasteiger partial charge in [0, 0.05) is 41.4 Å². The topological polar surface area (TPSA) is 77.9 Å². The second-order valence-corrected chi connectivity index (χ2v) is 5.93. The van der Waals surface area contributed by atoms with Gasteiger partial charge >= 0.3 is 12.0 Å². The Bertz CT molecular complexity index is 322. The molecule has 98 valence electrons. The largest absolute Gasteiger partial charge is 0.480 e. The third-order valence-corrected chi connectivity index (χ3v) is 3.90. The third kappa shape index (κ3) is 3.99. The summed E-state index contributed by atoms with van der Waals surface area (Å²) in [5, 5.41) is 8.76. The molecule has 0 bridgehead atoms. The van der Waals surface area contributed by atoms with E-state index in [-0.39, 0.29) is 18.6 Å². The molecule has 0 unspecified atom stereocenters. The Labute approximate surface area is 103 Å². The van der Waals surface area contributed by atoms with Crippen molar-refractivity contribution in [3.63, 3.8) is 0 Å². The summed E-state index contributed by atoms with van der Waals surface area (Å²) in [6.45, 7) is 4.14. The van der Waals surface area contributed by atoms with Gasteiger partial charge in [0.05, 0.1) is 0 Å². The van der Waals surface area contributed by atoms with Crippen molar-refractivity contribution in [1.82, 2.24) is 9.80 Å². The van der Waals surface area contributed by atoms with Gasteiger partial charge in [0.15, 0.2) is 0 Å². The van der Waals surface area contributed by atoms with Crippen molar-refractivity contribution >= 4 is 22.8 Å². The lowest BCUT2D eigenvalue weighted by molar-refractivity contribution is -0.138. The molecule has 0 saturated carbocycles. The Hall–Kier alpha value is -1.11. The average Bonchev–Trinajstić information content (AvgIpc) is 2.25. The van der Waals surface area contributed by atoms with Gasteiger partial charge in [-0.25, -0.2) is 4.79 Å². The maximum atomic E-state index is 12.1. The summed E-state index contributed by atoms with van der Waals surface area (Å²) in [5.74, 6) is -0.0668. The molecular weight excluding hydrogens is 244 g/mol. The van der Waals surface area contributed by atoms with Crippen molar-refractivity contribution in [2.45, 2.75) is 19.9 Å². The fraction of sp³-hybridized carbons (Fsp3) is 0.800. The van der Waals surface area contributed by atoms with Gasteiger partial charge in [0.2, 0.25) is 0 Å². The van der Waals surface area contributed by atoms with Gasteiger partial charge in [-0.05, 0) is 13.8 Å². The van der Waals surface area contributed by atoms with E-state index in [9.17, 15) is 13.8 Å². The first-order chi connectivity index (χ1) is 7.91. The second-order valence-electron chi connectivity index (χ2n) is 4.23. The monoisotopic (exact) mass is 262 g/mol. The predicted molar refractivity (Wildman–Crippen MR) is 64.3 cm³/mol. The van der Waals surface area contributed by atoms with E-state index >= 15 is 0 Å². The minimum atomic E-state index is -1.02. The van der Waals surface area contributed by atoms with Crippen LogP contribution in [0, 0.1) is 0 Å². The van der Waals surface area contributed by atoms with Crippen LogP contribution in [0.15, 0.2) is 0 Å². The lowest BCUT2D eigenvalue weighted by atomic mass is 10.3. The molecular formula is C10H18N2O4S. The number of nitrogens with zero attached hydrogens (tertiary/aromatic N) is 2. The van der Waals surface area contributed by atoms with Crippen molar-refractivity contribution in [1.29, 1.82) is 0 Å². The highest BCUT2D eigenvalue weighted by Gasteiger charge is 2.27. The van der Waals surface area contributed by atoms with E-state index in [1.54, 1.807) is 18.7 Å². The zero-order valence-electron chi connectivity index (χ0n) is 10.1. The summed E-state index contributed by atoms with van der Waals surface area (Å²) in [7, 11) is -0.841. The Kier molecular flexibility index (Phi) is 4.92. The molecule has 2 amide bonds. The van der Waals surface area contributed by atoms with Crippen molar-refractivity contribution in [2.75, 3.05) is 31.1 Å². The number of hydrogen-bond acceptors (Lipinski definition) is 3. The Balaban J connectivity index is 2.64. The Morgan fingerprint density at radius 1 is 1.35 bits per heavy atom.